The van der Waals surface area contributed by atoms with Gasteiger partial charge in [0.05, 0.1) is 29.6 Å². The molecule has 1 fully saturated rings. The predicted molar refractivity (Wildman–Crippen MR) is 60.5 cm³/mol. The summed E-state index contributed by atoms with van der Waals surface area (Å²) >= 11 is 5.63. The zero-order chi connectivity index (χ0) is 12.3. The van der Waals surface area contributed by atoms with Crippen molar-refractivity contribution < 1.29 is 4.92 Å². The number of rotatable bonds is 3. The molecule has 17 heavy (non-hydrogen) atoms. The minimum Gasteiger partial charge on any atom is -0.365 e. The van der Waals surface area contributed by atoms with Crippen LogP contribution in [-0.2, 0) is 6.54 Å². The van der Waals surface area contributed by atoms with E-state index in [0.29, 0.717) is 36.3 Å². The van der Waals surface area contributed by atoms with Gasteiger partial charge >= 0.3 is 0 Å². The largest absolute Gasteiger partial charge is 0.365 e. The third-order valence-corrected chi connectivity index (χ3v) is 2.48. The van der Waals surface area contributed by atoms with E-state index in [4.69, 9.17) is 11.6 Å². The molecule has 0 amide bonds. The van der Waals surface area contributed by atoms with Crippen LogP contribution in [-0.4, -0.2) is 32.9 Å². The molecule has 2 rings (SSSR count). The summed E-state index contributed by atoms with van der Waals surface area (Å²) in [5.41, 5.74) is 0.715. The second-order valence-corrected chi connectivity index (χ2v) is 3.87. The maximum absolute atomic E-state index is 10.4. The first-order valence-corrected chi connectivity index (χ1v) is 5.33. The van der Waals surface area contributed by atoms with Gasteiger partial charge in [-0.1, -0.05) is 11.6 Å². The molecule has 1 N–H and O–H groups in total. The van der Waals surface area contributed by atoms with Gasteiger partial charge in [-0.15, -0.1) is 0 Å². The summed E-state index contributed by atoms with van der Waals surface area (Å²) in [7, 11) is 0. The Hall–Kier alpha value is -1.89. The molecule has 0 aliphatic carbocycles. The van der Waals surface area contributed by atoms with Crippen molar-refractivity contribution in [3.63, 3.8) is 0 Å². The van der Waals surface area contributed by atoms with Crippen LogP contribution in [0.4, 0.5) is 0 Å². The average molecular weight is 256 g/mol. The van der Waals surface area contributed by atoms with E-state index in [0.717, 1.165) is 6.20 Å². The summed E-state index contributed by atoms with van der Waals surface area (Å²) in [6.45, 7) is 1.85. The topological polar surface area (TPSA) is 84.2 Å². The third-order valence-electron chi connectivity index (χ3n) is 2.28. The van der Waals surface area contributed by atoms with E-state index in [1.165, 1.54) is 6.20 Å². The van der Waals surface area contributed by atoms with Crippen molar-refractivity contribution in [2.75, 3.05) is 13.1 Å². The van der Waals surface area contributed by atoms with Crippen LogP contribution < -0.4 is 5.32 Å². The molecule has 0 radical (unpaired) electrons. The molecule has 8 heteroatoms. The summed E-state index contributed by atoms with van der Waals surface area (Å²) < 4.78 is 0. The van der Waals surface area contributed by atoms with Gasteiger partial charge in [0.25, 0.3) is 6.20 Å². The van der Waals surface area contributed by atoms with Crippen LogP contribution in [0.15, 0.2) is 24.4 Å². The lowest BCUT2D eigenvalue weighted by atomic mass is 10.4. The maximum Gasteiger partial charge on any atom is 0.274 e. The van der Waals surface area contributed by atoms with Gasteiger partial charge in [0.15, 0.2) is 5.82 Å². The van der Waals surface area contributed by atoms with Gasteiger partial charge < -0.3 is 10.2 Å². The number of halogens is 1. The molecule has 0 unspecified atom stereocenters. The highest BCUT2D eigenvalue weighted by atomic mass is 35.5. The summed E-state index contributed by atoms with van der Waals surface area (Å²) in [6, 6.07) is 0. The Morgan fingerprint density at radius 2 is 2.41 bits per heavy atom. The molecule has 0 bridgehead atoms. The molecule has 1 saturated heterocycles. The average Bonchev–Trinajstić information content (AvgIpc) is 2.68. The number of nitrogens with one attached hydrogen (secondary N) is 1. The molecule has 1 aromatic heterocycles. The van der Waals surface area contributed by atoms with Crippen molar-refractivity contribution in [3.05, 3.63) is 45.4 Å². The highest BCUT2D eigenvalue weighted by Crippen LogP contribution is 2.12. The van der Waals surface area contributed by atoms with Crippen LogP contribution in [0.1, 0.15) is 5.69 Å². The van der Waals surface area contributed by atoms with Gasteiger partial charge in [-0.05, 0) is 0 Å². The van der Waals surface area contributed by atoms with E-state index in [9.17, 15) is 10.1 Å². The Morgan fingerprint density at radius 1 is 1.59 bits per heavy atom. The van der Waals surface area contributed by atoms with Crippen LogP contribution in [0.5, 0.6) is 0 Å². The third kappa shape index (κ3) is 3.04. The number of nitrogens with zero attached hydrogens (tertiary/aromatic N) is 4. The van der Waals surface area contributed by atoms with Gasteiger partial charge in [-0.3, -0.25) is 15.1 Å². The second-order valence-electron chi connectivity index (χ2n) is 3.48. The van der Waals surface area contributed by atoms with Crippen LogP contribution in [0.3, 0.4) is 0 Å². The fourth-order valence-electron chi connectivity index (χ4n) is 1.56. The Morgan fingerprint density at radius 3 is 3.06 bits per heavy atom. The van der Waals surface area contributed by atoms with E-state index in [-0.39, 0.29) is 0 Å². The SMILES string of the molecule is O=[N+]([O-])/C=C1\NCCN1Cc1cnc(Cl)cn1. The molecule has 90 valence electrons. The van der Waals surface area contributed by atoms with E-state index in [1.54, 1.807) is 6.20 Å². The van der Waals surface area contributed by atoms with Gasteiger partial charge in [-0.25, -0.2) is 4.98 Å². The number of aromatic nitrogens is 2. The van der Waals surface area contributed by atoms with Gasteiger partial charge in [0.2, 0.25) is 0 Å². The highest BCUT2D eigenvalue weighted by Gasteiger charge is 2.19. The summed E-state index contributed by atoms with van der Waals surface area (Å²) in [4.78, 5) is 19.8. The molecule has 0 atom stereocenters. The van der Waals surface area contributed by atoms with Crippen LogP contribution >= 0.6 is 11.6 Å². The van der Waals surface area contributed by atoms with Crippen molar-refractivity contribution in [1.29, 1.82) is 0 Å². The lowest BCUT2D eigenvalue weighted by molar-refractivity contribution is -0.404. The van der Waals surface area contributed by atoms with Crippen LogP contribution in [0.25, 0.3) is 0 Å². The quantitative estimate of drug-likeness (QED) is 0.629. The molecule has 0 saturated carbocycles. The van der Waals surface area contributed by atoms with Crippen molar-refractivity contribution >= 4 is 11.6 Å². The Balaban J connectivity index is 2.07. The molecule has 7 nitrogen and oxygen atoms in total. The first kappa shape index (κ1) is 11.6. The fraction of sp³-hybridized carbons (Fsp3) is 0.333. The Kier molecular flexibility index (Phi) is 3.38. The molecule has 2 heterocycles. The van der Waals surface area contributed by atoms with Gasteiger partial charge in [0, 0.05) is 13.1 Å². The minimum atomic E-state index is -0.478. The molecule has 0 aromatic carbocycles. The summed E-state index contributed by atoms with van der Waals surface area (Å²) in [5, 5.41) is 13.7. The zero-order valence-electron chi connectivity index (χ0n) is 8.84. The predicted octanol–water partition coefficient (Wildman–Crippen LogP) is 0.611. The zero-order valence-corrected chi connectivity index (χ0v) is 9.59. The summed E-state index contributed by atoms with van der Waals surface area (Å²) in [5.74, 6) is 0.492. The second kappa shape index (κ2) is 4.96. The molecule has 1 aromatic rings. The fourth-order valence-corrected chi connectivity index (χ4v) is 1.66. The van der Waals surface area contributed by atoms with Gasteiger partial charge in [0.1, 0.15) is 5.15 Å². The van der Waals surface area contributed by atoms with Crippen molar-refractivity contribution in [2.24, 2.45) is 0 Å². The molecule has 0 spiro atoms. The van der Waals surface area contributed by atoms with Crippen LogP contribution in [0.2, 0.25) is 5.15 Å². The molecule has 1 aliphatic heterocycles. The first-order chi connectivity index (χ1) is 8.15. The number of hydrogen-bond donors (Lipinski definition) is 1. The lowest BCUT2D eigenvalue weighted by Gasteiger charge is -2.15. The Labute approximate surface area is 102 Å². The van der Waals surface area contributed by atoms with Gasteiger partial charge in [-0.2, -0.15) is 0 Å². The lowest BCUT2D eigenvalue weighted by Crippen LogP contribution is -2.21. The number of nitro groups is 1. The molecule has 1 aliphatic rings. The van der Waals surface area contributed by atoms with E-state index in [2.05, 4.69) is 15.3 Å². The maximum atomic E-state index is 10.4. The minimum absolute atomic E-state index is 0.328. The smallest absolute Gasteiger partial charge is 0.274 e. The van der Waals surface area contributed by atoms with E-state index >= 15 is 0 Å². The molecular formula is C9H10ClN5O2. The van der Waals surface area contributed by atoms with Crippen molar-refractivity contribution in [2.45, 2.75) is 6.54 Å². The number of hydrogen-bond acceptors (Lipinski definition) is 6. The molecular weight excluding hydrogens is 246 g/mol. The standard InChI is InChI=1S/C9H10ClN5O2/c10-8-4-12-7(3-13-8)5-14-2-1-11-9(14)6-15(16)17/h3-4,6,11H,1-2,5H2/b9-6+. The van der Waals surface area contributed by atoms with Crippen LogP contribution in [0, 0.1) is 10.1 Å². The normalized spacial score (nSPS) is 17.2. The Bertz CT molecular complexity index is 447. The van der Waals surface area contributed by atoms with E-state index < -0.39 is 4.92 Å². The highest BCUT2D eigenvalue weighted by molar-refractivity contribution is 6.29. The van der Waals surface area contributed by atoms with Crippen molar-refractivity contribution in [1.82, 2.24) is 20.2 Å². The first-order valence-electron chi connectivity index (χ1n) is 4.96. The van der Waals surface area contributed by atoms with Crippen molar-refractivity contribution in [3.8, 4) is 0 Å². The summed E-state index contributed by atoms with van der Waals surface area (Å²) in [6.07, 6.45) is 3.97. The van der Waals surface area contributed by atoms with E-state index in [1.807, 2.05) is 4.90 Å². The monoisotopic (exact) mass is 255 g/mol.